The van der Waals surface area contributed by atoms with Crippen LogP contribution in [-0.2, 0) is 23.9 Å². The molecule has 3 fully saturated rings. The van der Waals surface area contributed by atoms with Crippen molar-refractivity contribution in [2.24, 2.45) is 29.1 Å². The number of carbonyl (C=O) groups is 3. The highest BCUT2D eigenvalue weighted by atomic mass is 16.5. The van der Waals surface area contributed by atoms with E-state index in [4.69, 9.17) is 9.53 Å². The Kier molecular flexibility index (Phi) is 12.1. The summed E-state index contributed by atoms with van der Waals surface area (Å²) in [5.74, 6) is 0.919. The molecule has 2 N–H and O–H groups in total. The van der Waals surface area contributed by atoms with Crippen molar-refractivity contribution >= 4 is 18.2 Å². The van der Waals surface area contributed by atoms with E-state index in [-0.39, 0.29) is 35.2 Å². The first-order chi connectivity index (χ1) is 15.3. The molecule has 184 valence electrons. The van der Waals surface area contributed by atoms with Crippen LogP contribution in [-0.4, -0.2) is 56.7 Å². The lowest BCUT2D eigenvalue weighted by Gasteiger charge is -2.57. The van der Waals surface area contributed by atoms with Crippen molar-refractivity contribution in [2.75, 3.05) is 27.3 Å². The number of allylic oxidation sites excluding steroid dienone is 1. The molecule has 32 heavy (non-hydrogen) atoms. The number of nitrogens with one attached hydrogen (secondary N) is 1. The van der Waals surface area contributed by atoms with Crippen LogP contribution in [0.4, 0.5) is 0 Å². The third-order valence-electron chi connectivity index (χ3n) is 7.51. The summed E-state index contributed by atoms with van der Waals surface area (Å²) in [6.45, 7) is 9.83. The van der Waals surface area contributed by atoms with E-state index in [0.29, 0.717) is 44.2 Å². The van der Waals surface area contributed by atoms with Crippen molar-refractivity contribution in [2.45, 2.75) is 72.3 Å². The van der Waals surface area contributed by atoms with E-state index in [1.165, 1.54) is 7.11 Å². The number of aliphatic hydroxyl groups excluding tert-OH is 1. The molecular formula is C25H43NO6. The van der Waals surface area contributed by atoms with Crippen molar-refractivity contribution in [3.05, 3.63) is 11.6 Å². The van der Waals surface area contributed by atoms with Gasteiger partial charge in [0.05, 0.1) is 13.2 Å². The number of hydrogen-bond acceptors (Lipinski definition) is 7. The second-order valence-electron chi connectivity index (χ2n) is 9.11. The van der Waals surface area contributed by atoms with Gasteiger partial charge in [0.1, 0.15) is 12.4 Å². The number of aliphatic hydroxyl groups is 1. The van der Waals surface area contributed by atoms with E-state index in [1.54, 1.807) is 6.08 Å². The van der Waals surface area contributed by atoms with Crippen LogP contribution in [0.5, 0.6) is 0 Å². The molecule has 0 aromatic carbocycles. The van der Waals surface area contributed by atoms with Gasteiger partial charge in [-0.05, 0) is 62.3 Å². The predicted molar refractivity (Wildman–Crippen MR) is 124 cm³/mol. The minimum atomic E-state index is -0.296. The highest BCUT2D eigenvalue weighted by molar-refractivity contribution is 5.85. The molecule has 5 unspecified atom stereocenters. The summed E-state index contributed by atoms with van der Waals surface area (Å²) in [5.41, 5.74) is 1.19. The third kappa shape index (κ3) is 6.88. The summed E-state index contributed by atoms with van der Waals surface area (Å²) in [5, 5.41) is 13.2. The third-order valence-corrected chi connectivity index (χ3v) is 7.51. The van der Waals surface area contributed by atoms with E-state index in [1.807, 2.05) is 20.9 Å². The molecule has 0 aliphatic heterocycles. The Hall–Kier alpha value is -1.73. The average molecular weight is 454 g/mol. The fraction of sp³-hybridized carbons (Fsp3) is 0.800. The predicted octanol–water partition coefficient (Wildman–Crippen LogP) is 3.29. The summed E-state index contributed by atoms with van der Waals surface area (Å²) >= 11 is 0. The Labute approximate surface area is 193 Å². The van der Waals surface area contributed by atoms with Crippen molar-refractivity contribution in [1.29, 1.82) is 0 Å². The monoisotopic (exact) mass is 453 g/mol. The molecule has 7 heteroatoms. The number of ether oxygens (including phenoxy) is 2. The maximum absolute atomic E-state index is 12.9. The van der Waals surface area contributed by atoms with Crippen LogP contribution < -0.4 is 5.32 Å². The molecule has 0 bridgehead atoms. The minimum Gasteiger partial charge on any atom is -0.471 e. The van der Waals surface area contributed by atoms with Gasteiger partial charge in [-0.25, -0.2) is 4.79 Å². The Balaban J connectivity index is 0.000000769. The Morgan fingerprint density at radius 3 is 2.50 bits per heavy atom. The number of rotatable bonds is 5. The first kappa shape index (κ1) is 28.3. The van der Waals surface area contributed by atoms with Gasteiger partial charge in [-0.1, -0.05) is 33.3 Å². The zero-order valence-corrected chi connectivity index (χ0v) is 20.7. The van der Waals surface area contributed by atoms with Crippen LogP contribution in [0.1, 0.15) is 66.2 Å². The van der Waals surface area contributed by atoms with Crippen LogP contribution in [0, 0.1) is 29.1 Å². The maximum Gasteiger partial charge on any atom is 0.330 e. The molecule has 3 aliphatic carbocycles. The maximum atomic E-state index is 12.9. The smallest absolute Gasteiger partial charge is 0.330 e. The van der Waals surface area contributed by atoms with E-state index in [0.717, 1.165) is 31.3 Å². The first-order valence-corrected chi connectivity index (χ1v) is 12.0. The molecule has 3 aliphatic rings. The zero-order chi connectivity index (χ0) is 24.3. The molecular weight excluding hydrogens is 410 g/mol. The van der Waals surface area contributed by atoms with Gasteiger partial charge in [0.15, 0.2) is 0 Å². The summed E-state index contributed by atoms with van der Waals surface area (Å²) in [7, 11) is 3.13. The lowest BCUT2D eigenvalue weighted by Crippen LogP contribution is -2.55. The Morgan fingerprint density at radius 2 is 1.91 bits per heavy atom. The number of carbonyl (C=O) groups excluding carboxylic acids is 3. The van der Waals surface area contributed by atoms with Crippen LogP contribution in [0.15, 0.2) is 11.6 Å². The van der Waals surface area contributed by atoms with Gasteiger partial charge in [-0.15, -0.1) is 0 Å². The minimum absolute atomic E-state index is 0.0313. The molecule has 0 saturated heterocycles. The second-order valence-corrected chi connectivity index (χ2v) is 9.11. The number of Topliss-reactive ketones (excluding diaryl/α,β-unsaturated/α-hetero) is 1. The van der Waals surface area contributed by atoms with E-state index >= 15 is 0 Å². The molecule has 0 heterocycles. The summed E-state index contributed by atoms with van der Waals surface area (Å²) in [6, 6.07) is 0. The van der Waals surface area contributed by atoms with E-state index in [2.05, 4.69) is 23.9 Å². The molecule has 0 aromatic rings. The van der Waals surface area contributed by atoms with Crippen molar-refractivity contribution < 1.29 is 29.0 Å². The van der Waals surface area contributed by atoms with E-state index in [9.17, 15) is 14.7 Å². The quantitative estimate of drug-likeness (QED) is 0.285. The molecule has 7 nitrogen and oxygen atoms in total. The van der Waals surface area contributed by atoms with Gasteiger partial charge in [0.2, 0.25) is 0 Å². The highest BCUT2D eigenvalue weighted by Gasteiger charge is 2.56. The van der Waals surface area contributed by atoms with Crippen LogP contribution in [0.25, 0.3) is 0 Å². The van der Waals surface area contributed by atoms with Crippen LogP contribution in [0.3, 0.4) is 0 Å². The largest absolute Gasteiger partial charge is 0.471 e. The average Bonchev–Trinajstić information content (AvgIpc) is 2.80. The number of esters is 1. The lowest BCUT2D eigenvalue weighted by molar-refractivity contribution is -0.151. The number of ketones is 1. The topological polar surface area (TPSA) is 102 Å². The normalized spacial score (nSPS) is 34.5. The van der Waals surface area contributed by atoms with Crippen molar-refractivity contribution in [1.82, 2.24) is 5.32 Å². The first-order valence-electron chi connectivity index (χ1n) is 12.0. The molecule has 0 amide bonds. The Bertz CT molecular complexity index is 648. The van der Waals surface area contributed by atoms with Gasteiger partial charge in [0, 0.05) is 25.0 Å². The number of likely N-dealkylation sites (N-methyl/N-ethyl adjacent to an activating group) is 1. The molecule has 6 atom stereocenters. The Morgan fingerprint density at radius 1 is 1.25 bits per heavy atom. The second kappa shape index (κ2) is 13.7. The molecule has 0 aromatic heterocycles. The fourth-order valence-corrected chi connectivity index (χ4v) is 5.81. The summed E-state index contributed by atoms with van der Waals surface area (Å²) in [6.07, 6.45) is 6.29. The van der Waals surface area contributed by atoms with Gasteiger partial charge in [-0.2, -0.15) is 0 Å². The molecule has 0 spiro atoms. The standard InChI is InChI=1S/C21H33NO4.C2H4O2.C2H6/c1-13-17-12-19(24)15-10-14(11-20(25)26-9-8-22-3)4-5-16(15)21(17,2)7-6-18(13)23;1-4-2-3;1-2/h11,13,15-18,22-23H,4-10,12H2,1-3H3;2H,1H3;1-2H3/b14-11+;;/t13?,15-,16?,17?,18?,21?;;/m0../s1. The van der Waals surface area contributed by atoms with Crippen molar-refractivity contribution in [3.8, 4) is 0 Å². The highest BCUT2D eigenvalue weighted by Crippen LogP contribution is 2.59. The van der Waals surface area contributed by atoms with Gasteiger partial charge >= 0.3 is 5.97 Å². The zero-order valence-electron chi connectivity index (χ0n) is 20.7. The fourth-order valence-electron chi connectivity index (χ4n) is 5.81. The summed E-state index contributed by atoms with van der Waals surface area (Å²) < 4.78 is 9.05. The van der Waals surface area contributed by atoms with Crippen LogP contribution >= 0.6 is 0 Å². The molecule has 3 rings (SSSR count). The lowest BCUT2D eigenvalue weighted by atomic mass is 9.47. The molecule has 3 saturated carbocycles. The van der Waals surface area contributed by atoms with Crippen LogP contribution in [0.2, 0.25) is 0 Å². The number of methoxy groups -OCH3 is 1. The summed E-state index contributed by atoms with van der Waals surface area (Å²) in [4.78, 5) is 33.8. The number of hydrogen-bond donors (Lipinski definition) is 2. The van der Waals surface area contributed by atoms with Gasteiger partial charge in [-0.3, -0.25) is 9.59 Å². The molecule has 0 radical (unpaired) electrons. The number of fused-ring (bicyclic) bond motifs is 3. The van der Waals surface area contributed by atoms with Gasteiger partial charge in [0.25, 0.3) is 6.47 Å². The van der Waals surface area contributed by atoms with Crippen molar-refractivity contribution in [3.63, 3.8) is 0 Å². The SMILES string of the molecule is CC.CNCCOC(=O)/C=C1\CCC2[C@H](C1)C(=O)CC1C(C)C(O)CCC12C.COC=O. The van der Waals surface area contributed by atoms with Gasteiger partial charge < -0.3 is 19.9 Å². The van der Waals surface area contributed by atoms with E-state index < -0.39 is 0 Å².